The van der Waals surface area contributed by atoms with E-state index in [0.29, 0.717) is 5.69 Å². The van der Waals surface area contributed by atoms with E-state index in [0.717, 1.165) is 34.1 Å². The summed E-state index contributed by atoms with van der Waals surface area (Å²) in [6.45, 7) is 5.96. The maximum absolute atomic E-state index is 10.1. The summed E-state index contributed by atoms with van der Waals surface area (Å²) in [5, 5.41) is 4.58. The first kappa shape index (κ1) is 22.4. The van der Waals surface area contributed by atoms with Crippen molar-refractivity contribution in [2.45, 2.75) is 56.9 Å². The Labute approximate surface area is 187 Å². The van der Waals surface area contributed by atoms with Gasteiger partial charge in [0, 0.05) is 33.7 Å². The number of hydrogen-bond acceptors (Lipinski definition) is 7. The molecule has 2 aromatic heterocycles. The molecule has 160 valence electrons. The Balaban J connectivity index is 0.000000275. The minimum atomic E-state index is -0.0260. The highest BCUT2D eigenvalue weighted by Gasteiger charge is 2.20. The molecule has 0 saturated heterocycles. The molecule has 0 bridgehead atoms. The minimum Gasteiger partial charge on any atom is -0.398 e. The van der Waals surface area contributed by atoms with E-state index in [4.69, 9.17) is 5.73 Å². The summed E-state index contributed by atoms with van der Waals surface area (Å²) in [7, 11) is 1.77. The molecular weight excluding hydrogens is 414 g/mol. The highest BCUT2D eigenvalue weighted by atomic mass is 32.1. The monoisotopic (exact) mass is 443 g/mol. The van der Waals surface area contributed by atoms with Gasteiger partial charge in [-0.1, -0.05) is 0 Å². The molecule has 0 unspecified atom stereocenters. The van der Waals surface area contributed by atoms with Crippen LogP contribution in [0.5, 0.6) is 0 Å². The van der Waals surface area contributed by atoms with Crippen LogP contribution in [0.15, 0.2) is 29.4 Å². The quantitative estimate of drug-likeness (QED) is 0.299. The second-order valence-electron chi connectivity index (χ2n) is 8.40. The van der Waals surface area contributed by atoms with Crippen molar-refractivity contribution < 1.29 is 4.79 Å². The Kier molecular flexibility index (Phi) is 6.88. The molecule has 0 spiro atoms. The number of carbonyl (C=O) groups is 1. The van der Waals surface area contributed by atoms with E-state index in [9.17, 15) is 4.79 Å². The largest absolute Gasteiger partial charge is 0.398 e. The van der Waals surface area contributed by atoms with Gasteiger partial charge < -0.3 is 16.0 Å². The number of amides is 1. The van der Waals surface area contributed by atoms with Crippen molar-refractivity contribution in [3.8, 4) is 0 Å². The van der Waals surface area contributed by atoms with Gasteiger partial charge in [0.1, 0.15) is 17.0 Å². The Hall–Kier alpha value is -2.32. The molecule has 0 radical (unpaired) electrons. The fourth-order valence-electron chi connectivity index (χ4n) is 3.10. The van der Waals surface area contributed by atoms with Crippen LogP contribution < -0.4 is 11.1 Å². The number of thiophene rings is 1. The second kappa shape index (κ2) is 9.22. The first-order chi connectivity index (χ1) is 14.2. The van der Waals surface area contributed by atoms with Crippen LogP contribution in [-0.2, 0) is 17.6 Å². The number of nitrogens with two attached hydrogens (primary N) is 1. The number of thiol groups is 1. The van der Waals surface area contributed by atoms with Gasteiger partial charge in [-0.15, -0.1) is 24.0 Å². The molecule has 8 heteroatoms. The van der Waals surface area contributed by atoms with Crippen molar-refractivity contribution in [3.05, 3.63) is 35.0 Å². The van der Waals surface area contributed by atoms with Crippen LogP contribution in [0.25, 0.3) is 10.2 Å². The molecule has 4 rings (SSSR count). The summed E-state index contributed by atoms with van der Waals surface area (Å²) in [4.78, 5) is 23.9. The van der Waals surface area contributed by atoms with Gasteiger partial charge in [-0.25, -0.2) is 9.97 Å². The summed E-state index contributed by atoms with van der Waals surface area (Å²) >= 11 is 6.18. The van der Waals surface area contributed by atoms with Gasteiger partial charge in [0.25, 0.3) is 0 Å². The molecule has 1 amide bonds. The minimum absolute atomic E-state index is 0.0260. The van der Waals surface area contributed by atoms with Gasteiger partial charge >= 0.3 is 0 Å². The third-order valence-electron chi connectivity index (χ3n) is 5.26. The lowest BCUT2D eigenvalue weighted by atomic mass is 9.97. The predicted octanol–water partition coefficient (Wildman–Crippen LogP) is 5.06. The average Bonchev–Trinajstić information content (AvgIpc) is 3.09. The summed E-state index contributed by atoms with van der Waals surface area (Å²) in [6, 6.07) is 5.72. The van der Waals surface area contributed by atoms with Crippen LogP contribution in [0.2, 0.25) is 0 Å². The predicted molar refractivity (Wildman–Crippen MR) is 129 cm³/mol. The van der Waals surface area contributed by atoms with Gasteiger partial charge in [-0.05, 0) is 70.2 Å². The summed E-state index contributed by atoms with van der Waals surface area (Å²) < 4.78 is 0. The summed E-state index contributed by atoms with van der Waals surface area (Å²) in [6.07, 6.45) is 7.27. The average molecular weight is 444 g/mol. The van der Waals surface area contributed by atoms with E-state index < -0.39 is 0 Å². The standard InChI is InChI=1S/C16H16N4S2.C6H13NO/c17-11-6-5-9(7-12(11)21)20-15-14-10-3-1-2-4-13(10)22-16(14)19-8-18-15;1-6(2,3)7(4)5-8/h5-8,21H,1-4,17H2,(H,18,19,20);5H,1-4H3. The van der Waals surface area contributed by atoms with Gasteiger partial charge in [0.2, 0.25) is 6.41 Å². The Morgan fingerprint density at radius 2 is 1.97 bits per heavy atom. The van der Waals surface area contributed by atoms with Crippen LogP contribution in [0.3, 0.4) is 0 Å². The maximum atomic E-state index is 10.1. The molecule has 1 aromatic carbocycles. The van der Waals surface area contributed by atoms with Crippen molar-refractivity contribution in [2.75, 3.05) is 18.1 Å². The highest BCUT2D eigenvalue weighted by Crippen LogP contribution is 2.39. The molecule has 3 N–H and O–H groups in total. The third kappa shape index (κ3) is 5.05. The molecule has 1 aliphatic rings. The molecule has 6 nitrogen and oxygen atoms in total. The number of carbonyl (C=O) groups excluding carboxylic acids is 1. The van der Waals surface area contributed by atoms with Crippen LogP contribution in [0, 0.1) is 0 Å². The molecule has 0 fully saturated rings. The lowest BCUT2D eigenvalue weighted by molar-refractivity contribution is -0.120. The number of nitrogens with one attached hydrogen (secondary N) is 1. The number of nitrogens with zero attached hydrogens (tertiary/aromatic N) is 3. The zero-order valence-electron chi connectivity index (χ0n) is 17.9. The molecular formula is C22H29N5OS2. The number of aromatic nitrogens is 2. The number of fused-ring (bicyclic) bond motifs is 3. The zero-order chi connectivity index (χ0) is 21.9. The van der Waals surface area contributed by atoms with Crippen LogP contribution in [-0.4, -0.2) is 33.9 Å². The third-order valence-corrected chi connectivity index (χ3v) is 6.85. The zero-order valence-corrected chi connectivity index (χ0v) is 19.6. The fraction of sp³-hybridized carbons (Fsp3) is 0.409. The fourth-order valence-corrected chi connectivity index (χ4v) is 4.54. The number of anilines is 3. The molecule has 3 aromatic rings. The number of hydrogen-bond donors (Lipinski definition) is 3. The van der Waals surface area contributed by atoms with Crippen molar-refractivity contribution in [3.63, 3.8) is 0 Å². The van der Waals surface area contributed by atoms with E-state index in [1.807, 2.05) is 39.0 Å². The van der Waals surface area contributed by atoms with Gasteiger partial charge in [0.15, 0.2) is 0 Å². The first-order valence-electron chi connectivity index (χ1n) is 9.99. The van der Waals surface area contributed by atoms with Crippen LogP contribution in [0.4, 0.5) is 17.2 Å². The molecule has 1 aliphatic carbocycles. The Bertz CT molecular complexity index is 1040. The Morgan fingerprint density at radius 3 is 2.60 bits per heavy atom. The van der Waals surface area contributed by atoms with Crippen molar-refractivity contribution in [2.24, 2.45) is 0 Å². The number of benzene rings is 1. The number of nitrogen functional groups attached to an aromatic ring is 1. The second-order valence-corrected chi connectivity index (χ2v) is 9.96. The van der Waals surface area contributed by atoms with Gasteiger partial charge in [-0.2, -0.15) is 0 Å². The van der Waals surface area contributed by atoms with E-state index in [2.05, 4.69) is 27.9 Å². The number of aryl methyl sites for hydroxylation is 2. The first-order valence-corrected chi connectivity index (χ1v) is 11.3. The molecule has 2 heterocycles. The number of rotatable bonds is 3. The SMILES string of the molecule is CN(C=O)C(C)(C)C.Nc1ccc(Nc2ncnc3sc4c(c23)CCCC4)cc1S. The van der Waals surface area contributed by atoms with Crippen LogP contribution in [0.1, 0.15) is 44.1 Å². The van der Waals surface area contributed by atoms with Crippen molar-refractivity contribution >= 4 is 57.8 Å². The van der Waals surface area contributed by atoms with E-state index in [1.165, 1.54) is 35.1 Å². The van der Waals surface area contributed by atoms with E-state index in [1.54, 1.807) is 29.6 Å². The topological polar surface area (TPSA) is 84.1 Å². The lowest BCUT2D eigenvalue weighted by Crippen LogP contribution is -2.36. The lowest BCUT2D eigenvalue weighted by Gasteiger charge is -2.27. The van der Waals surface area contributed by atoms with Crippen molar-refractivity contribution in [1.29, 1.82) is 0 Å². The van der Waals surface area contributed by atoms with Crippen LogP contribution >= 0.6 is 24.0 Å². The molecule has 0 atom stereocenters. The van der Waals surface area contributed by atoms with E-state index in [-0.39, 0.29) is 5.54 Å². The Morgan fingerprint density at radius 1 is 1.23 bits per heavy atom. The smallest absolute Gasteiger partial charge is 0.209 e. The molecule has 0 saturated carbocycles. The van der Waals surface area contributed by atoms with E-state index >= 15 is 0 Å². The van der Waals surface area contributed by atoms with Gasteiger partial charge in [0.05, 0.1) is 5.39 Å². The summed E-state index contributed by atoms with van der Waals surface area (Å²) in [5.41, 5.74) is 8.84. The molecule has 0 aliphatic heterocycles. The van der Waals surface area contributed by atoms with Crippen molar-refractivity contribution in [1.82, 2.24) is 14.9 Å². The van der Waals surface area contributed by atoms with Gasteiger partial charge in [-0.3, -0.25) is 4.79 Å². The normalized spacial score (nSPS) is 13.2. The summed E-state index contributed by atoms with van der Waals surface area (Å²) in [5.74, 6) is 0.877. The highest BCUT2D eigenvalue weighted by molar-refractivity contribution is 7.80. The maximum Gasteiger partial charge on any atom is 0.209 e. The molecule has 30 heavy (non-hydrogen) atoms.